The van der Waals surface area contributed by atoms with Gasteiger partial charge in [-0.05, 0) is 29.8 Å². The standard InChI is InChI=1S/C14H11FO3S/c15-12-3-1-2-4-13(12)19(18)9-10-5-7-11(8-6-10)14(16)17/h1-8H,9H2,(H,16,17). The summed E-state index contributed by atoms with van der Waals surface area (Å²) in [6, 6.07) is 12.0. The number of hydrogen-bond donors (Lipinski definition) is 1. The van der Waals surface area contributed by atoms with E-state index in [0.29, 0.717) is 5.56 Å². The lowest BCUT2D eigenvalue weighted by Crippen LogP contribution is -2.00. The number of benzene rings is 2. The summed E-state index contributed by atoms with van der Waals surface area (Å²) in [7, 11) is -1.49. The first kappa shape index (κ1) is 13.4. The molecule has 0 aliphatic carbocycles. The smallest absolute Gasteiger partial charge is 0.335 e. The van der Waals surface area contributed by atoms with Crippen LogP contribution in [0.5, 0.6) is 0 Å². The third-order valence-electron chi connectivity index (χ3n) is 2.58. The average molecular weight is 278 g/mol. The third kappa shape index (κ3) is 3.26. The maximum atomic E-state index is 13.4. The molecule has 2 aromatic rings. The van der Waals surface area contributed by atoms with Gasteiger partial charge < -0.3 is 5.11 Å². The van der Waals surface area contributed by atoms with Gasteiger partial charge in [0.15, 0.2) is 0 Å². The molecule has 0 saturated carbocycles. The molecule has 1 unspecified atom stereocenters. The molecule has 0 saturated heterocycles. The van der Waals surface area contributed by atoms with Gasteiger partial charge in [-0.2, -0.15) is 0 Å². The lowest BCUT2D eigenvalue weighted by molar-refractivity contribution is 0.0697. The van der Waals surface area contributed by atoms with Crippen molar-refractivity contribution < 1.29 is 18.5 Å². The van der Waals surface area contributed by atoms with E-state index >= 15 is 0 Å². The van der Waals surface area contributed by atoms with Gasteiger partial charge in [-0.1, -0.05) is 24.3 Å². The molecule has 0 bridgehead atoms. The summed E-state index contributed by atoms with van der Waals surface area (Å²) in [6.45, 7) is 0. The van der Waals surface area contributed by atoms with Crippen molar-refractivity contribution in [2.75, 3.05) is 0 Å². The molecule has 0 amide bonds. The van der Waals surface area contributed by atoms with Crippen molar-refractivity contribution in [3.8, 4) is 0 Å². The van der Waals surface area contributed by atoms with Gasteiger partial charge >= 0.3 is 5.97 Å². The van der Waals surface area contributed by atoms with E-state index < -0.39 is 22.6 Å². The van der Waals surface area contributed by atoms with Crippen molar-refractivity contribution in [3.63, 3.8) is 0 Å². The van der Waals surface area contributed by atoms with Crippen molar-refractivity contribution in [2.24, 2.45) is 0 Å². The summed E-state index contributed by atoms with van der Waals surface area (Å²) in [4.78, 5) is 10.8. The fourth-order valence-corrected chi connectivity index (χ4v) is 2.77. The van der Waals surface area contributed by atoms with Crippen LogP contribution in [0.25, 0.3) is 0 Å². The number of carboxylic acids is 1. The highest BCUT2D eigenvalue weighted by atomic mass is 32.2. The van der Waals surface area contributed by atoms with E-state index in [0.717, 1.165) is 0 Å². The van der Waals surface area contributed by atoms with E-state index in [-0.39, 0.29) is 16.2 Å². The summed E-state index contributed by atoms with van der Waals surface area (Å²) >= 11 is 0. The van der Waals surface area contributed by atoms with Gasteiger partial charge in [-0.3, -0.25) is 4.21 Å². The van der Waals surface area contributed by atoms with Crippen LogP contribution in [0.3, 0.4) is 0 Å². The maximum Gasteiger partial charge on any atom is 0.335 e. The van der Waals surface area contributed by atoms with Crippen LogP contribution in [-0.4, -0.2) is 15.3 Å². The minimum Gasteiger partial charge on any atom is -0.478 e. The fraction of sp³-hybridized carbons (Fsp3) is 0.0714. The Bertz CT molecular complexity index is 623. The van der Waals surface area contributed by atoms with Crippen molar-refractivity contribution in [2.45, 2.75) is 10.6 Å². The molecule has 1 atom stereocenters. The number of carbonyl (C=O) groups is 1. The fourth-order valence-electron chi connectivity index (χ4n) is 1.60. The predicted octanol–water partition coefficient (Wildman–Crippen LogP) is 2.83. The molecule has 5 heteroatoms. The topological polar surface area (TPSA) is 54.4 Å². The molecule has 0 spiro atoms. The summed E-state index contributed by atoms with van der Waals surface area (Å²) < 4.78 is 25.5. The van der Waals surface area contributed by atoms with Crippen molar-refractivity contribution in [1.29, 1.82) is 0 Å². The Morgan fingerprint density at radius 2 is 1.74 bits per heavy atom. The molecular formula is C14H11FO3S. The number of aromatic carboxylic acids is 1. The van der Waals surface area contributed by atoms with Crippen LogP contribution in [0.2, 0.25) is 0 Å². The van der Waals surface area contributed by atoms with Gasteiger partial charge in [0, 0.05) is 0 Å². The number of hydrogen-bond acceptors (Lipinski definition) is 2. The zero-order valence-electron chi connectivity index (χ0n) is 9.88. The first-order valence-corrected chi connectivity index (χ1v) is 6.85. The predicted molar refractivity (Wildman–Crippen MR) is 69.9 cm³/mol. The average Bonchev–Trinajstić information content (AvgIpc) is 2.39. The van der Waals surface area contributed by atoms with Crippen molar-refractivity contribution in [3.05, 3.63) is 65.5 Å². The molecule has 2 rings (SSSR count). The van der Waals surface area contributed by atoms with E-state index in [9.17, 15) is 13.4 Å². The second-order valence-electron chi connectivity index (χ2n) is 3.92. The number of carboxylic acid groups (broad SMARTS) is 1. The summed E-state index contributed by atoms with van der Waals surface area (Å²) in [5.74, 6) is -1.36. The zero-order valence-corrected chi connectivity index (χ0v) is 10.7. The molecule has 1 N–H and O–H groups in total. The SMILES string of the molecule is O=C(O)c1ccc(CS(=O)c2ccccc2F)cc1. The van der Waals surface area contributed by atoms with E-state index in [1.807, 2.05) is 0 Å². The molecule has 0 heterocycles. The Labute approximate surface area is 112 Å². The Balaban J connectivity index is 2.15. The van der Waals surface area contributed by atoms with E-state index in [1.54, 1.807) is 18.2 Å². The van der Waals surface area contributed by atoms with Crippen LogP contribution in [0.4, 0.5) is 4.39 Å². The quantitative estimate of drug-likeness (QED) is 0.935. The second kappa shape index (κ2) is 5.75. The Morgan fingerprint density at radius 3 is 2.32 bits per heavy atom. The molecular weight excluding hydrogens is 267 g/mol. The molecule has 2 aromatic carbocycles. The van der Waals surface area contributed by atoms with Crippen LogP contribution < -0.4 is 0 Å². The van der Waals surface area contributed by atoms with Gasteiger partial charge in [-0.25, -0.2) is 9.18 Å². The Morgan fingerprint density at radius 1 is 1.11 bits per heavy atom. The van der Waals surface area contributed by atoms with E-state index in [4.69, 9.17) is 5.11 Å². The summed E-state index contributed by atoms with van der Waals surface area (Å²) in [5.41, 5.74) is 0.868. The van der Waals surface area contributed by atoms with Crippen LogP contribution in [0.1, 0.15) is 15.9 Å². The number of halogens is 1. The minimum atomic E-state index is -1.49. The van der Waals surface area contributed by atoms with Gasteiger partial charge in [0.2, 0.25) is 0 Å². The third-order valence-corrected chi connectivity index (χ3v) is 4.00. The minimum absolute atomic E-state index is 0.154. The highest BCUT2D eigenvalue weighted by molar-refractivity contribution is 7.84. The normalized spacial score (nSPS) is 12.1. The van der Waals surface area contributed by atoms with Crippen LogP contribution in [-0.2, 0) is 16.6 Å². The van der Waals surface area contributed by atoms with E-state index in [1.165, 1.54) is 30.3 Å². The Kier molecular flexibility index (Phi) is 4.06. The molecule has 19 heavy (non-hydrogen) atoms. The van der Waals surface area contributed by atoms with Crippen LogP contribution in [0, 0.1) is 5.82 Å². The number of rotatable bonds is 4. The van der Waals surface area contributed by atoms with Crippen LogP contribution >= 0.6 is 0 Å². The first-order valence-electron chi connectivity index (χ1n) is 5.53. The lowest BCUT2D eigenvalue weighted by atomic mass is 10.1. The van der Waals surface area contributed by atoms with Crippen LogP contribution in [0.15, 0.2) is 53.4 Å². The zero-order chi connectivity index (χ0) is 13.8. The summed E-state index contributed by atoms with van der Waals surface area (Å²) in [6.07, 6.45) is 0. The molecule has 0 aliphatic rings. The molecule has 0 fully saturated rings. The van der Waals surface area contributed by atoms with Crippen molar-refractivity contribution in [1.82, 2.24) is 0 Å². The molecule has 0 radical (unpaired) electrons. The largest absolute Gasteiger partial charge is 0.478 e. The summed E-state index contributed by atoms with van der Waals surface area (Å²) in [5, 5.41) is 8.76. The van der Waals surface area contributed by atoms with Gasteiger partial charge in [-0.15, -0.1) is 0 Å². The van der Waals surface area contributed by atoms with Gasteiger partial charge in [0.1, 0.15) is 5.82 Å². The molecule has 0 aromatic heterocycles. The van der Waals surface area contributed by atoms with Crippen molar-refractivity contribution >= 4 is 16.8 Å². The lowest BCUT2D eigenvalue weighted by Gasteiger charge is -2.04. The maximum absolute atomic E-state index is 13.4. The first-order chi connectivity index (χ1) is 9.08. The monoisotopic (exact) mass is 278 g/mol. The highest BCUT2D eigenvalue weighted by Gasteiger charge is 2.10. The van der Waals surface area contributed by atoms with Gasteiger partial charge in [0.05, 0.1) is 27.0 Å². The van der Waals surface area contributed by atoms with Gasteiger partial charge in [0.25, 0.3) is 0 Å². The second-order valence-corrected chi connectivity index (χ2v) is 5.34. The molecule has 0 aliphatic heterocycles. The highest BCUT2D eigenvalue weighted by Crippen LogP contribution is 2.16. The molecule has 3 nitrogen and oxygen atoms in total. The molecule has 98 valence electrons. The van der Waals surface area contributed by atoms with E-state index in [2.05, 4.69) is 0 Å². The Hall–Kier alpha value is -2.01.